The molecule has 0 bridgehead atoms. The highest BCUT2D eigenvalue weighted by Crippen LogP contribution is 2.43. The lowest BCUT2D eigenvalue weighted by molar-refractivity contribution is -0.119. The molecule has 0 aliphatic carbocycles. The van der Waals surface area contributed by atoms with Crippen molar-refractivity contribution >= 4 is 40.9 Å². The Morgan fingerprint density at radius 3 is 2.29 bits per heavy atom. The van der Waals surface area contributed by atoms with E-state index in [4.69, 9.17) is 11.6 Å². The molecule has 3 aromatic carbocycles. The molecule has 35 heavy (non-hydrogen) atoms. The molecule has 1 aliphatic heterocycles. The van der Waals surface area contributed by atoms with Gasteiger partial charge < -0.3 is 10.2 Å². The number of hydrogen-bond acceptors (Lipinski definition) is 3. The van der Waals surface area contributed by atoms with Crippen molar-refractivity contribution in [1.29, 1.82) is 0 Å². The molecule has 0 aromatic heterocycles. The van der Waals surface area contributed by atoms with Gasteiger partial charge in [-0.05, 0) is 65.8 Å². The minimum Gasteiger partial charge on any atom is -0.324 e. The fraction of sp³-hybridized carbons (Fsp3) is 0.310. The number of benzene rings is 3. The quantitative estimate of drug-likeness (QED) is 0.408. The minimum absolute atomic E-state index is 0.0308. The van der Waals surface area contributed by atoms with Crippen molar-refractivity contribution in [2.24, 2.45) is 0 Å². The summed E-state index contributed by atoms with van der Waals surface area (Å²) < 4.78 is 0. The van der Waals surface area contributed by atoms with Crippen molar-refractivity contribution in [2.45, 2.75) is 51.4 Å². The third-order valence-corrected chi connectivity index (χ3v) is 8.13. The molecule has 4 rings (SSSR count). The highest BCUT2D eigenvalue weighted by Gasteiger charge is 2.43. The zero-order valence-electron chi connectivity index (χ0n) is 20.8. The van der Waals surface area contributed by atoms with E-state index in [1.807, 2.05) is 32.0 Å². The van der Waals surface area contributed by atoms with E-state index in [1.54, 1.807) is 40.9 Å². The summed E-state index contributed by atoms with van der Waals surface area (Å²) in [6.07, 6.45) is 0. The van der Waals surface area contributed by atoms with E-state index in [9.17, 15) is 9.59 Å². The lowest BCUT2D eigenvalue weighted by Crippen LogP contribution is -2.45. The molecule has 3 aromatic rings. The normalized spacial score (nSPS) is 17.9. The lowest BCUT2D eigenvalue weighted by Gasteiger charge is -2.30. The number of rotatable bonds is 4. The van der Waals surface area contributed by atoms with E-state index in [0.29, 0.717) is 16.3 Å². The summed E-state index contributed by atoms with van der Waals surface area (Å²) >= 11 is 8.00. The Bertz CT molecular complexity index is 1250. The molecule has 1 N–H and O–H groups in total. The van der Waals surface area contributed by atoms with Crippen LogP contribution in [0.3, 0.4) is 0 Å². The van der Waals surface area contributed by atoms with E-state index >= 15 is 0 Å². The highest BCUT2D eigenvalue weighted by atomic mass is 35.5. The van der Waals surface area contributed by atoms with Gasteiger partial charge in [0.05, 0.1) is 10.6 Å². The van der Waals surface area contributed by atoms with Crippen LogP contribution in [-0.2, 0) is 10.2 Å². The SMILES string of the molecule is Cc1ccc(NC(=O)C2CSC(c3ccc(C(C)(C)C)cc3)N2C(=O)c2ccccc2Cl)cc1C. The Hall–Kier alpha value is -2.76. The first-order chi connectivity index (χ1) is 16.6. The molecule has 182 valence electrons. The van der Waals surface area contributed by atoms with Gasteiger partial charge in [-0.3, -0.25) is 9.59 Å². The molecular weight excluding hydrogens is 476 g/mol. The van der Waals surface area contributed by atoms with E-state index in [2.05, 4.69) is 50.4 Å². The van der Waals surface area contributed by atoms with Gasteiger partial charge in [0.1, 0.15) is 11.4 Å². The van der Waals surface area contributed by atoms with Gasteiger partial charge >= 0.3 is 0 Å². The summed E-state index contributed by atoms with van der Waals surface area (Å²) in [5.41, 5.74) is 5.63. The monoisotopic (exact) mass is 506 g/mol. The van der Waals surface area contributed by atoms with E-state index in [1.165, 1.54) is 5.56 Å². The molecule has 2 amide bonds. The van der Waals surface area contributed by atoms with Crippen molar-refractivity contribution in [3.05, 3.63) is 99.6 Å². The summed E-state index contributed by atoms with van der Waals surface area (Å²) in [7, 11) is 0. The van der Waals surface area contributed by atoms with E-state index in [-0.39, 0.29) is 22.6 Å². The number of carbonyl (C=O) groups is 2. The average Bonchev–Trinajstić information content (AvgIpc) is 3.26. The first kappa shape index (κ1) is 25.3. The van der Waals surface area contributed by atoms with E-state index in [0.717, 1.165) is 22.4 Å². The summed E-state index contributed by atoms with van der Waals surface area (Å²) in [5.74, 6) is 0.0548. The molecule has 1 aliphatic rings. The van der Waals surface area contributed by atoms with Gasteiger partial charge in [-0.25, -0.2) is 0 Å². The van der Waals surface area contributed by atoms with Crippen LogP contribution in [0.1, 0.15) is 58.8 Å². The Morgan fingerprint density at radius 1 is 0.971 bits per heavy atom. The van der Waals surface area contributed by atoms with Crippen molar-refractivity contribution in [3.8, 4) is 0 Å². The van der Waals surface area contributed by atoms with Crippen LogP contribution in [0.2, 0.25) is 5.02 Å². The van der Waals surface area contributed by atoms with Crippen molar-refractivity contribution in [2.75, 3.05) is 11.1 Å². The van der Waals surface area contributed by atoms with E-state index < -0.39 is 6.04 Å². The maximum absolute atomic E-state index is 13.8. The summed E-state index contributed by atoms with van der Waals surface area (Å²) in [6.45, 7) is 10.6. The largest absolute Gasteiger partial charge is 0.324 e. The maximum atomic E-state index is 13.8. The second-order valence-corrected chi connectivity index (χ2v) is 11.6. The molecule has 1 heterocycles. The molecule has 0 saturated carbocycles. The predicted molar refractivity (Wildman–Crippen MR) is 146 cm³/mol. The fourth-order valence-electron chi connectivity index (χ4n) is 4.18. The number of nitrogens with one attached hydrogen (secondary N) is 1. The summed E-state index contributed by atoms with van der Waals surface area (Å²) in [4.78, 5) is 28.9. The second kappa shape index (κ2) is 10.1. The third kappa shape index (κ3) is 5.41. The Labute approximate surface area is 217 Å². The summed E-state index contributed by atoms with van der Waals surface area (Å²) in [5, 5.41) is 3.12. The molecule has 1 saturated heterocycles. The van der Waals surface area contributed by atoms with Gasteiger partial charge in [-0.15, -0.1) is 11.8 Å². The van der Waals surface area contributed by atoms with Crippen molar-refractivity contribution in [1.82, 2.24) is 4.90 Å². The number of aryl methyl sites for hydroxylation is 2. The highest BCUT2D eigenvalue weighted by molar-refractivity contribution is 7.99. The Morgan fingerprint density at radius 2 is 1.66 bits per heavy atom. The van der Waals surface area contributed by atoms with Crippen LogP contribution in [-0.4, -0.2) is 28.5 Å². The standard InChI is InChI=1S/C29H31ClN2O2S/c1-18-10-15-22(16-19(18)2)31-26(33)25-17-35-28(20-11-13-21(14-12-20)29(3,4)5)32(25)27(34)23-8-6-7-9-24(23)30/h6-16,25,28H,17H2,1-5H3,(H,31,33). The number of thioether (sulfide) groups is 1. The molecule has 6 heteroatoms. The fourth-order valence-corrected chi connectivity index (χ4v) is 5.83. The first-order valence-corrected chi connectivity index (χ1v) is 13.2. The van der Waals surface area contributed by atoms with Crippen molar-refractivity contribution < 1.29 is 9.59 Å². The van der Waals surface area contributed by atoms with Crippen LogP contribution >= 0.6 is 23.4 Å². The zero-order valence-corrected chi connectivity index (χ0v) is 22.3. The van der Waals surface area contributed by atoms with Gasteiger partial charge in [-0.2, -0.15) is 0 Å². The predicted octanol–water partition coefficient (Wildman–Crippen LogP) is 7.15. The maximum Gasteiger partial charge on any atom is 0.257 e. The van der Waals surface area contributed by atoms with Crippen LogP contribution in [0.5, 0.6) is 0 Å². The number of anilines is 1. The van der Waals surface area contributed by atoms with Gasteiger partial charge in [-0.1, -0.05) is 74.8 Å². The van der Waals surface area contributed by atoms with Crippen molar-refractivity contribution in [3.63, 3.8) is 0 Å². The second-order valence-electron chi connectivity index (χ2n) is 10.1. The number of hydrogen-bond donors (Lipinski definition) is 1. The van der Waals surface area contributed by atoms with Crippen LogP contribution in [0.15, 0.2) is 66.7 Å². The number of carbonyl (C=O) groups excluding carboxylic acids is 2. The Balaban J connectivity index is 1.68. The topological polar surface area (TPSA) is 49.4 Å². The Kier molecular flexibility index (Phi) is 7.30. The molecule has 1 fully saturated rings. The molecule has 0 radical (unpaired) electrons. The molecule has 2 atom stereocenters. The lowest BCUT2D eigenvalue weighted by atomic mass is 9.86. The van der Waals surface area contributed by atoms with Gasteiger partial charge in [0, 0.05) is 11.4 Å². The summed E-state index contributed by atoms with van der Waals surface area (Å²) in [6, 6.07) is 20.6. The molecule has 2 unspecified atom stereocenters. The van der Waals surface area contributed by atoms with Crippen LogP contribution < -0.4 is 5.32 Å². The van der Waals surface area contributed by atoms with Crippen LogP contribution in [0.4, 0.5) is 5.69 Å². The minimum atomic E-state index is -0.627. The number of amides is 2. The van der Waals surface area contributed by atoms with Crippen LogP contribution in [0, 0.1) is 13.8 Å². The van der Waals surface area contributed by atoms with Crippen LogP contribution in [0.25, 0.3) is 0 Å². The first-order valence-electron chi connectivity index (χ1n) is 11.7. The zero-order chi connectivity index (χ0) is 25.3. The smallest absolute Gasteiger partial charge is 0.257 e. The number of halogens is 1. The van der Waals surface area contributed by atoms with Gasteiger partial charge in [0.15, 0.2) is 0 Å². The molecular formula is C29H31ClN2O2S. The van der Waals surface area contributed by atoms with Gasteiger partial charge in [0.2, 0.25) is 5.91 Å². The van der Waals surface area contributed by atoms with Gasteiger partial charge in [0.25, 0.3) is 5.91 Å². The molecule has 0 spiro atoms. The third-order valence-electron chi connectivity index (χ3n) is 6.48. The average molecular weight is 507 g/mol. The number of nitrogens with zero attached hydrogens (tertiary/aromatic N) is 1. The molecule has 4 nitrogen and oxygen atoms in total.